The fourth-order valence-corrected chi connectivity index (χ4v) is 6.72. The van der Waals surface area contributed by atoms with Crippen LogP contribution in [0.15, 0.2) is 78.0 Å². The molecule has 1 N–H and O–H groups in total. The maximum atomic E-state index is 14.0. The molecule has 220 valence electrons. The second-order valence-corrected chi connectivity index (χ2v) is 11.8. The highest BCUT2D eigenvalue weighted by Gasteiger charge is 2.40. The summed E-state index contributed by atoms with van der Waals surface area (Å²) in [6.45, 7) is 5.88. The van der Waals surface area contributed by atoms with Crippen LogP contribution in [0.2, 0.25) is 0 Å². The number of likely N-dealkylation sites (tertiary alicyclic amines) is 2. The first-order valence-electron chi connectivity index (χ1n) is 14.9. The van der Waals surface area contributed by atoms with Crippen molar-refractivity contribution in [3.63, 3.8) is 0 Å². The minimum absolute atomic E-state index is 0.0219. The van der Waals surface area contributed by atoms with Gasteiger partial charge in [0.25, 0.3) is 5.56 Å². The molecule has 4 heterocycles. The molecule has 0 spiro atoms. The predicted molar refractivity (Wildman–Crippen MR) is 159 cm³/mol. The lowest BCUT2D eigenvalue weighted by Gasteiger charge is -2.43. The first kappa shape index (κ1) is 28.3. The van der Waals surface area contributed by atoms with Crippen molar-refractivity contribution >= 4 is 16.9 Å². The van der Waals surface area contributed by atoms with Gasteiger partial charge in [0.15, 0.2) is 0 Å². The number of piperidine rings is 2. The van der Waals surface area contributed by atoms with Crippen LogP contribution < -0.4 is 5.56 Å². The Balaban J connectivity index is 1.13. The maximum absolute atomic E-state index is 14.0. The molecule has 6 rings (SSSR count). The predicted octanol–water partition coefficient (Wildman–Crippen LogP) is 4.02. The Hall–Kier alpha value is -3.82. The van der Waals surface area contributed by atoms with E-state index in [0.717, 1.165) is 24.2 Å². The lowest BCUT2D eigenvalue weighted by Crippen LogP contribution is -2.53. The van der Waals surface area contributed by atoms with E-state index in [0.29, 0.717) is 56.5 Å². The summed E-state index contributed by atoms with van der Waals surface area (Å²) < 4.78 is 17.2. The third-order valence-electron chi connectivity index (χ3n) is 9.09. The van der Waals surface area contributed by atoms with E-state index in [-0.39, 0.29) is 35.7 Å². The molecule has 1 amide bonds. The van der Waals surface area contributed by atoms with E-state index in [2.05, 4.69) is 22.0 Å². The van der Waals surface area contributed by atoms with Gasteiger partial charge in [-0.05, 0) is 62.1 Å². The van der Waals surface area contributed by atoms with E-state index >= 15 is 0 Å². The Labute approximate surface area is 245 Å². The molecule has 8 nitrogen and oxygen atoms in total. The van der Waals surface area contributed by atoms with Gasteiger partial charge in [0, 0.05) is 50.8 Å². The summed E-state index contributed by atoms with van der Waals surface area (Å²) in [5.74, 6) is -0.259. The first-order chi connectivity index (χ1) is 20.3. The summed E-state index contributed by atoms with van der Waals surface area (Å²) in [6, 6.07) is 18.7. The number of amides is 1. The van der Waals surface area contributed by atoms with Crippen LogP contribution in [0.25, 0.3) is 11.0 Å². The smallest absolute Gasteiger partial charge is 0.262 e. The highest BCUT2D eigenvalue weighted by Crippen LogP contribution is 2.36. The number of fused-ring (bicyclic) bond motifs is 1. The molecule has 2 aliphatic rings. The molecule has 0 aliphatic carbocycles. The molecule has 9 heteroatoms. The van der Waals surface area contributed by atoms with Gasteiger partial charge < -0.3 is 14.6 Å². The van der Waals surface area contributed by atoms with Gasteiger partial charge in [-0.2, -0.15) is 0 Å². The Bertz CT molecular complexity index is 1610. The third kappa shape index (κ3) is 5.76. The Morgan fingerprint density at radius 3 is 2.57 bits per heavy atom. The summed E-state index contributed by atoms with van der Waals surface area (Å²) in [5, 5.41) is 12.0. The lowest BCUT2D eigenvalue weighted by atomic mass is 9.79. The van der Waals surface area contributed by atoms with E-state index in [1.165, 1.54) is 17.0 Å². The molecule has 4 aromatic rings. The van der Waals surface area contributed by atoms with Crippen molar-refractivity contribution in [3.05, 3.63) is 100 Å². The number of benzene rings is 2. The number of hydrogen-bond donors (Lipinski definition) is 1. The van der Waals surface area contributed by atoms with Crippen molar-refractivity contribution in [2.45, 2.75) is 57.3 Å². The molecule has 2 aromatic heterocycles. The molecule has 0 radical (unpaired) electrons. The molecule has 2 aliphatic heterocycles. The van der Waals surface area contributed by atoms with E-state index in [1.54, 1.807) is 18.2 Å². The molecule has 2 fully saturated rings. The lowest BCUT2D eigenvalue weighted by molar-refractivity contribution is -0.142. The number of aryl methyl sites for hydroxylation is 1. The van der Waals surface area contributed by atoms with Gasteiger partial charge in [-0.3, -0.25) is 19.1 Å². The van der Waals surface area contributed by atoms with Crippen LogP contribution in [-0.2, 0) is 24.4 Å². The van der Waals surface area contributed by atoms with Gasteiger partial charge in [-0.25, -0.2) is 9.37 Å². The number of hydrogen-bond acceptors (Lipinski definition) is 5. The Morgan fingerprint density at radius 1 is 1.05 bits per heavy atom. The van der Waals surface area contributed by atoms with Crippen molar-refractivity contribution in [1.82, 2.24) is 23.9 Å². The number of aromatic nitrogens is 3. The summed E-state index contributed by atoms with van der Waals surface area (Å²) in [6.07, 6.45) is 4.89. The van der Waals surface area contributed by atoms with Gasteiger partial charge in [-0.1, -0.05) is 42.5 Å². The summed E-state index contributed by atoms with van der Waals surface area (Å²) in [5.41, 5.74) is 1.47. The number of carbonyl (C=O) groups is 1. The van der Waals surface area contributed by atoms with Crippen LogP contribution in [0.5, 0.6) is 0 Å². The van der Waals surface area contributed by atoms with E-state index in [1.807, 2.05) is 46.9 Å². The molecular weight excluding hydrogens is 533 g/mol. The SMILES string of the molecule is CCn1ccc2c(=O)n(CC3(O)CCN(C(=O)[C@@H]4CCN(Cc5cccc(F)c5)C[C@H]4c4ccccc4)CC3)cnc21. The zero-order chi connectivity index (χ0) is 29.3. The van der Waals surface area contributed by atoms with E-state index < -0.39 is 5.60 Å². The van der Waals surface area contributed by atoms with Crippen LogP contribution in [0, 0.1) is 11.7 Å². The second kappa shape index (κ2) is 11.8. The van der Waals surface area contributed by atoms with E-state index in [4.69, 9.17) is 0 Å². The van der Waals surface area contributed by atoms with Gasteiger partial charge >= 0.3 is 0 Å². The summed E-state index contributed by atoms with van der Waals surface area (Å²) in [4.78, 5) is 35.7. The molecule has 2 aromatic carbocycles. The van der Waals surface area contributed by atoms with Crippen LogP contribution in [0.1, 0.15) is 43.2 Å². The highest BCUT2D eigenvalue weighted by molar-refractivity contribution is 5.80. The molecule has 0 saturated carbocycles. The summed E-state index contributed by atoms with van der Waals surface area (Å²) in [7, 11) is 0. The maximum Gasteiger partial charge on any atom is 0.262 e. The molecule has 0 bridgehead atoms. The standard InChI is InChI=1S/C33H38FN5O3/c1-2-37-16-12-28-30(37)35-23-39(32(28)41)22-33(42)13-17-38(18-14-33)31(40)27-11-15-36(20-24-7-6-10-26(34)19-24)21-29(27)25-8-4-3-5-9-25/h3-10,12,16,19,23,27,29,42H,2,11,13-15,17-18,20-22H2,1H3/t27-,29+/m1/s1. The van der Waals surface area contributed by atoms with E-state index in [9.17, 15) is 19.1 Å². The molecule has 0 unspecified atom stereocenters. The quantitative estimate of drug-likeness (QED) is 0.363. The van der Waals surface area contributed by atoms with Gasteiger partial charge in [0.2, 0.25) is 5.91 Å². The fourth-order valence-electron chi connectivity index (χ4n) is 6.72. The topological polar surface area (TPSA) is 83.6 Å². The van der Waals surface area contributed by atoms with Gasteiger partial charge in [-0.15, -0.1) is 0 Å². The average molecular weight is 572 g/mol. The largest absolute Gasteiger partial charge is 0.388 e. The number of halogens is 1. The average Bonchev–Trinajstić information content (AvgIpc) is 3.43. The molecule has 2 atom stereocenters. The van der Waals surface area contributed by atoms with Crippen LogP contribution in [0.3, 0.4) is 0 Å². The Morgan fingerprint density at radius 2 is 1.83 bits per heavy atom. The van der Waals surface area contributed by atoms with Crippen molar-refractivity contribution in [2.75, 3.05) is 26.2 Å². The summed E-state index contributed by atoms with van der Waals surface area (Å²) >= 11 is 0. The van der Waals surface area contributed by atoms with Crippen molar-refractivity contribution in [2.24, 2.45) is 5.92 Å². The zero-order valence-corrected chi connectivity index (χ0v) is 24.0. The molecule has 2 saturated heterocycles. The first-order valence-corrected chi connectivity index (χ1v) is 14.9. The molecule has 42 heavy (non-hydrogen) atoms. The minimum Gasteiger partial charge on any atom is -0.388 e. The normalized spacial score (nSPS) is 21.1. The monoisotopic (exact) mass is 571 g/mol. The van der Waals surface area contributed by atoms with Crippen LogP contribution >= 0.6 is 0 Å². The van der Waals surface area contributed by atoms with Crippen molar-refractivity contribution in [1.29, 1.82) is 0 Å². The Kier molecular flexibility index (Phi) is 7.96. The van der Waals surface area contributed by atoms with Gasteiger partial charge in [0.1, 0.15) is 17.8 Å². The number of rotatable bonds is 7. The van der Waals surface area contributed by atoms with Crippen molar-refractivity contribution < 1.29 is 14.3 Å². The number of carbonyl (C=O) groups excluding carboxylic acids is 1. The minimum atomic E-state index is -1.09. The molecular formula is C33H38FN5O3. The van der Waals surface area contributed by atoms with Gasteiger partial charge in [0.05, 0.1) is 17.5 Å². The third-order valence-corrected chi connectivity index (χ3v) is 9.09. The fraction of sp³-hybridized carbons (Fsp3) is 0.424. The van der Waals surface area contributed by atoms with Crippen molar-refractivity contribution in [3.8, 4) is 0 Å². The highest BCUT2D eigenvalue weighted by atomic mass is 19.1. The number of nitrogens with zero attached hydrogens (tertiary/aromatic N) is 5. The van der Waals surface area contributed by atoms with Crippen LogP contribution in [-0.4, -0.2) is 66.7 Å². The zero-order valence-electron chi connectivity index (χ0n) is 24.0. The number of aliphatic hydroxyl groups is 1. The second-order valence-electron chi connectivity index (χ2n) is 11.8. The van der Waals surface area contributed by atoms with Crippen LogP contribution in [0.4, 0.5) is 4.39 Å².